The van der Waals surface area contributed by atoms with Crippen LogP contribution < -0.4 is 16.4 Å². The molecule has 122 valence electrons. The number of rotatable bonds is 4. The number of amides is 1. The summed E-state index contributed by atoms with van der Waals surface area (Å²) in [5.74, 6) is 0.297. The Kier molecular flexibility index (Phi) is 4.85. The van der Waals surface area contributed by atoms with Gasteiger partial charge < -0.3 is 21.5 Å². The van der Waals surface area contributed by atoms with Gasteiger partial charge in [-0.2, -0.15) is 4.98 Å². The first-order chi connectivity index (χ1) is 10.2. The van der Waals surface area contributed by atoms with Crippen molar-refractivity contribution in [2.24, 2.45) is 5.73 Å². The summed E-state index contributed by atoms with van der Waals surface area (Å²) in [6.07, 6.45) is 4.47. The third-order valence-electron chi connectivity index (χ3n) is 3.53. The maximum Gasteiger partial charge on any atom is 0.254 e. The maximum absolute atomic E-state index is 11.6. The number of primary amides is 1. The van der Waals surface area contributed by atoms with Crippen LogP contribution in [0.1, 0.15) is 56.8 Å². The van der Waals surface area contributed by atoms with Gasteiger partial charge in [-0.05, 0) is 46.5 Å². The normalized spacial score (nSPS) is 22.2. The van der Waals surface area contributed by atoms with Gasteiger partial charge in [0.2, 0.25) is 5.95 Å². The number of nitrogens with one attached hydrogen (secondary N) is 2. The van der Waals surface area contributed by atoms with Crippen molar-refractivity contribution in [3.63, 3.8) is 0 Å². The number of aromatic nitrogens is 2. The zero-order valence-corrected chi connectivity index (χ0v) is 13.4. The Morgan fingerprint density at radius 1 is 1.41 bits per heavy atom. The summed E-state index contributed by atoms with van der Waals surface area (Å²) in [6.45, 7) is 6.01. The molecule has 0 aromatic carbocycles. The highest BCUT2D eigenvalue weighted by atomic mass is 16.3. The van der Waals surface area contributed by atoms with Crippen LogP contribution in [-0.2, 0) is 0 Å². The van der Waals surface area contributed by atoms with Crippen LogP contribution in [0.5, 0.6) is 0 Å². The lowest BCUT2D eigenvalue weighted by atomic mass is 9.93. The van der Waals surface area contributed by atoms with Crippen molar-refractivity contribution in [1.29, 1.82) is 0 Å². The summed E-state index contributed by atoms with van der Waals surface area (Å²) in [5, 5.41) is 16.2. The highest BCUT2D eigenvalue weighted by Gasteiger charge is 2.23. The third kappa shape index (κ3) is 4.56. The van der Waals surface area contributed by atoms with Crippen molar-refractivity contribution >= 4 is 17.7 Å². The van der Waals surface area contributed by atoms with Crippen LogP contribution in [0.15, 0.2) is 6.20 Å². The standard InChI is InChI=1S/C15H25N5O2/c1-15(2,3)20-14-17-8-11(12(16)22)13(19-14)18-9-5-4-6-10(21)7-9/h8-10,21H,4-7H2,1-3H3,(H2,16,22)(H2,17,18,19,20)/t9-,10?/m1/s1. The van der Waals surface area contributed by atoms with Gasteiger partial charge in [0.1, 0.15) is 5.82 Å². The molecule has 1 aromatic rings. The Labute approximate surface area is 130 Å². The molecule has 1 aliphatic rings. The Balaban J connectivity index is 2.21. The second kappa shape index (κ2) is 6.48. The Morgan fingerprint density at radius 2 is 2.14 bits per heavy atom. The number of aliphatic hydroxyl groups excluding tert-OH is 1. The van der Waals surface area contributed by atoms with E-state index in [0.29, 0.717) is 18.2 Å². The quantitative estimate of drug-likeness (QED) is 0.670. The van der Waals surface area contributed by atoms with E-state index < -0.39 is 5.91 Å². The molecule has 0 bridgehead atoms. The SMILES string of the molecule is CC(C)(C)Nc1ncc(C(N)=O)c(N[C@@H]2CCCC(O)C2)n1. The molecule has 7 heteroatoms. The van der Waals surface area contributed by atoms with E-state index in [9.17, 15) is 9.90 Å². The molecule has 2 rings (SSSR count). The summed E-state index contributed by atoms with van der Waals surface area (Å²) < 4.78 is 0. The maximum atomic E-state index is 11.6. The molecule has 1 saturated carbocycles. The molecule has 1 fully saturated rings. The van der Waals surface area contributed by atoms with E-state index in [-0.39, 0.29) is 23.2 Å². The molecule has 0 spiro atoms. The fourth-order valence-corrected chi connectivity index (χ4v) is 2.56. The van der Waals surface area contributed by atoms with E-state index in [4.69, 9.17) is 5.73 Å². The first-order valence-corrected chi connectivity index (χ1v) is 7.64. The lowest BCUT2D eigenvalue weighted by Gasteiger charge is -2.28. The molecule has 1 heterocycles. The third-order valence-corrected chi connectivity index (χ3v) is 3.53. The van der Waals surface area contributed by atoms with Gasteiger partial charge in [-0.15, -0.1) is 0 Å². The van der Waals surface area contributed by atoms with Gasteiger partial charge >= 0.3 is 0 Å². The summed E-state index contributed by atoms with van der Waals surface area (Å²) in [6, 6.07) is 0.0826. The summed E-state index contributed by atoms with van der Waals surface area (Å²) in [5.41, 5.74) is 5.47. The predicted molar refractivity (Wildman–Crippen MR) is 85.8 cm³/mol. The fourth-order valence-electron chi connectivity index (χ4n) is 2.56. The first kappa shape index (κ1) is 16.5. The largest absolute Gasteiger partial charge is 0.393 e. The lowest BCUT2D eigenvalue weighted by Crippen LogP contribution is -2.32. The monoisotopic (exact) mass is 307 g/mol. The highest BCUT2D eigenvalue weighted by molar-refractivity contribution is 5.97. The van der Waals surface area contributed by atoms with Crippen LogP contribution in [0.4, 0.5) is 11.8 Å². The second-order valence-corrected chi connectivity index (χ2v) is 6.86. The van der Waals surface area contributed by atoms with Crippen molar-refractivity contribution in [3.05, 3.63) is 11.8 Å². The number of anilines is 2. The lowest BCUT2D eigenvalue weighted by molar-refractivity contribution is 0.100. The molecular formula is C15H25N5O2. The van der Waals surface area contributed by atoms with Crippen molar-refractivity contribution in [3.8, 4) is 0 Å². The Morgan fingerprint density at radius 3 is 2.73 bits per heavy atom. The molecular weight excluding hydrogens is 282 g/mol. The average molecular weight is 307 g/mol. The second-order valence-electron chi connectivity index (χ2n) is 6.86. The minimum atomic E-state index is -0.568. The molecule has 5 N–H and O–H groups in total. The van der Waals surface area contributed by atoms with Crippen LogP contribution in [0, 0.1) is 0 Å². The molecule has 0 aliphatic heterocycles. The van der Waals surface area contributed by atoms with E-state index in [1.807, 2.05) is 20.8 Å². The van der Waals surface area contributed by atoms with Gasteiger partial charge in [-0.25, -0.2) is 4.98 Å². The van der Waals surface area contributed by atoms with Crippen LogP contribution in [0.25, 0.3) is 0 Å². The smallest absolute Gasteiger partial charge is 0.254 e. The summed E-state index contributed by atoms with van der Waals surface area (Å²) in [7, 11) is 0. The number of nitrogens with zero attached hydrogens (tertiary/aromatic N) is 2. The number of carbonyl (C=O) groups is 1. The molecule has 22 heavy (non-hydrogen) atoms. The molecule has 1 unspecified atom stereocenters. The fraction of sp³-hybridized carbons (Fsp3) is 0.667. The molecule has 0 saturated heterocycles. The van der Waals surface area contributed by atoms with E-state index >= 15 is 0 Å². The van der Waals surface area contributed by atoms with E-state index in [1.165, 1.54) is 6.20 Å². The van der Waals surface area contributed by atoms with Crippen molar-refractivity contribution < 1.29 is 9.90 Å². The number of nitrogens with two attached hydrogens (primary N) is 1. The van der Waals surface area contributed by atoms with Gasteiger partial charge in [0.15, 0.2) is 0 Å². The van der Waals surface area contributed by atoms with Gasteiger partial charge in [0.25, 0.3) is 5.91 Å². The highest BCUT2D eigenvalue weighted by Crippen LogP contribution is 2.24. The molecule has 7 nitrogen and oxygen atoms in total. The van der Waals surface area contributed by atoms with E-state index in [0.717, 1.165) is 19.3 Å². The number of hydrogen-bond acceptors (Lipinski definition) is 6. The number of aliphatic hydroxyl groups is 1. The minimum absolute atomic E-state index is 0.0826. The zero-order chi connectivity index (χ0) is 16.3. The summed E-state index contributed by atoms with van der Waals surface area (Å²) >= 11 is 0. The zero-order valence-electron chi connectivity index (χ0n) is 13.4. The number of hydrogen-bond donors (Lipinski definition) is 4. The van der Waals surface area contributed by atoms with Gasteiger partial charge in [0.05, 0.1) is 11.7 Å². The summed E-state index contributed by atoms with van der Waals surface area (Å²) in [4.78, 5) is 20.1. The van der Waals surface area contributed by atoms with Crippen molar-refractivity contribution in [2.75, 3.05) is 10.6 Å². The van der Waals surface area contributed by atoms with E-state index in [1.54, 1.807) is 0 Å². The number of carbonyl (C=O) groups excluding carboxylic acids is 1. The average Bonchev–Trinajstić information content (AvgIpc) is 2.36. The van der Waals surface area contributed by atoms with Crippen LogP contribution in [0.2, 0.25) is 0 Å². The first-order valence-electron chi connectivity index (χ1n) is 7.64. The minimum Gasteiger partial charge on any atom is -0.393 e. The Hall–Kier alpha value is -1.89. The van der Waals surface area contributed by atoms with Gasteiger partial charge in [-0.1, -0.05) is 0 Å². The van der Waals surface area contributed by atoms with Crippen LogP contribution in [0.3, 0.4) is 0 Å². The molecule has 0 radical (unpaired) electrons. The van der Waals surface area contributed by atoms with Crippen LogP contribution in [-0.4, -0.2) is 38.7 Å². The topological polar surface area (TPSA) is 113 Å². The molecule has 1 amide bonds. The molecule has 1 aromatic heterocycles. The van der Waals surface area contributed by atoms with E-state index in [2.05, 4.69) is 20.6 Å². The van der Waals surface area contributed by atoms with Crippen LogP contribution >= 0.6 is 0 Å². The predicted octanol–water partition coefficient (Wildman–Crippen LogP) is 1.50. The molecule has 1 aliphatic carbocycles. The Bertz CT molecular complexity index is 541. The van der Waals surface area contributed by atoms with Crippen molar-refractivity contribution in [1.82, 2.24) is 9.97 Å². The van der Waals surface area contributed by atoms with Gasteiger partial charge in [-0.3, -0.25) is 4.79 Å². The van der Waals surface area contributed by atoms with Crippen molar-refractivity contribution in [2.45, 2.75) is 64.1 Å². The van der Waals surface area contributed by atoms with Gasteiger partial charge in [0, 0.05) is 17.8 Å². The molecule has 2 atom stereocenters.